The molecule has 2 N–H and O–H groups in total. The van der Waals surface area contributed by atoms with Crippen LogP contribution in [0.4, 0.5) is 9.18 Å². The molecule has 1 rings (SSSR count). The third-order valence-corrected chi connectivity index (χ3v) is 3.08. The van der Waals surface area contributed by atoms with Gasteiger partial charge < -0.3 is 15.4 Å². The van der Waals surface area contributed by atoms with Gasteiger partial charge >= 0.3 is 6.09 Å². The fourth-order valence-corrected chi connectivity index (χ4v) is 1.95. The maximum absolute atomic E-state index is 13.6. The van der Waals surface area contributed by atoms with Crippen molar-refractivity contribution in [2.24, 2.45) is 0 Å². The largest absolute Gasteiger partial charge is 0.444 e. The number of benzene rings is 1. The monoisotopic (exact) mass is 330 g/mol. The number of carbonyl (C=O) groups excluding carboxylic acids is 1. The fraction of sp³-hybridized carbons (Fsp3) is 0.562. The molecule has 0 fully saturated rings. The molecule has 22 heavy (non-hydrogen) atoms. The number of alkyl carbamates (subject to hydrolysis) is 1. The summed E-state index contributed by atoms with van der Waals surface area (Å²) in [6.45, 7) is 8.42. The van der Waals surface area contributed by atoms with E-state index in [4.69, 9.17) is 16.3 Å². The highest BCUT2D eigenvalue weighted by molar-refractivity contribution is 6.30. The van der Waals surface area contributed by atoms with Gasteiger partial charge in [0.1, 0.15) is 11.4 Å². The number of ether oxygens (including phenoxy) is 1. The molecule has 1 atom stereocenters. The van der Waals surface area contributed by atoms with Gasteiger partial charge in [-0.25, -0.2) is 9.18 Å². The lowest BCUT2D eigenvalue weighted by Crippen LogP contribution is -2.38. The average molecular weight is 331 g/mol. The number of hydrogen-bond donors (Lipinski definition) is 2. The average Bonchev–Trinajstić information content (AvgIpc) is 2.34. The van der Waals surface area contributed by atoms with Gasteiger partial charge in [-0.05, 0) is 52.8 Å². The highest BCUT2D eigenvalue weighted by Crippen LogP contribution is 2.14. The summed E-state index contributed by atoms with van der Waals surface area (Å²) in [5.74, 6) is -0.320. The van der Waals surface area contributed by atoms with Gasteiger partial charge in [0.25, 0.3) is 0 Å². The van der Waals surface area contributed by atoms with Crippen molar-refractivity contribution >= 4 is 17.7 Å². The lowest BCUT2D eigenvalue weighted by atomic mass is 10.2. The molecule has 1 unspecified atom stereocenters. The van der Waals surface area contributed by atoms with Crippen molar-refractivity contribution in [1.82, 2.24) is 10.6 Å². The maximum Gasteiger partial charge on any atom is 0.407 e. The van der Waals surface area contributed by atoms with Crippen molar-refractivity contribution in [3.05, 3.63) is 34.6 Å². The van der Waals surface area contributed by atoms with Gasteiger partial charge in [-0.3, -0.25) is 0 Å². The highest BCUT2D eigenvalue weighted by Gasteiger charge is 2.17. The van der Waals surface area contributed by atoms with E-state index in [0.29, 0.717) is 30.1 Å². The highest BCUT2D eigenvalue weighted by atomic mass is 35.5. The van der Waals surface area contributed by atoms with Gasteiger partial charge in [-0.1, -0.05) is 17.7 Å². The van der Waals surface area contributed by atoms with E-state index in [9.17, 15) is 9.18 Å². The molecule has 4 nitrogen and oxygen atoms in total. The molecule has 0 aliphatic carbocycles. The first-order chi connectivity index (χ1) is 10.2. The normalized spacial score (nSPS) is 12.8. The molecule has 0 bridgehead atoms. The molecule has 0 saturated heterocycles. The molecule has 1 aromatic carbocycles. The first-order valence-electron chi connectivity index (χ1n) is 7.31. The molecular formula is C16H24ClFN2O2. The summed E-state index contributed by atoms with van der Waals surface area (Å²) in [7, 11) is 0. The predicted octanol–water partition coefficient (Wildman–Crippen LogP) is 3.87. The Morgan fingerprint density at radius 1 is 1.41 bits per heavy atom. The van der Waals surface area contributed by atoms with Crippen LogP contribution in [0.5, 0.6) is 0 Å². The number of halogens is 2. The van der Waals surface area contributed by atoms with Crippen LogP contribution in [0.25, 0.3) is 0 Å². The Balaban J connectivity index is 2.25. The quantitative estimate of drug-likeness (QED) is 0.778. The van der Waals surface area contributed by atoms with Crippen LogP contribution in [0, 0.1) is 5.82 Å². The summed E-state index contributed by atoms with van der Waals surface area (Å²) < 4.78 is 18.7. The Kier molecular flexibility index (Phi) is 7.10. The summed E-state index contributed by atoms with van der Waals surface area (Å²) in [4.78, 5) is 11.6. The molecule has 0 heterocycles. The van der Waals surface area contributed by atoms with E-state index in [1.165, 1.54) is 6.07 Å². The van der Waals surface area contributed by atoms with Crippen LogP contribution in [0.1, 0.15) is 39.7 Å². The molecule has 0 aliphatic heterocycles. The standard InChI is InChI=1S/C16H24ClFN2O2/c1-11(20-15(21)22-16(2,3)4)7-8-19-10-12-5-6-13(17)9-14(12)18/h5-6,9,11,19H,7-8,10H2,1-4H3,(H,20,21). The topological polar surface area (TPSA) is 50.4 Å². The SMILES string of the molecule is CC(CCNCc1ccc(Cl)cc1F)NC(=O)OC(C)(C)C. The van der Waals surface area contributed by atoms with Gasteiger partial charge in [-0.15, -0.1) is 0 Å². The van der Waals surface area contributed by atoms with Crippen LogP contribution in [0.3, 0.4) is 0 Å². The van der Waals surface area contributed by atoms with Gasteiger partial charge in [0, 0.05) is 23.2 Å². The second-order valence-corrected chi connectivity index (χ2v) is 6.68. The predicted molar refractivity (Wildman–Crippen MR) is 86.6 cm³/mol. The second-order valence-electron chi connectivity index (χ2n) is 6.25. The number of carbonyl (C=O) groups is 1. The van der Waals surface area contributed by atoms with Gasteiger partial charge in [0.15, 0.2) is 0 Å². The lowest BCUT2D eigenvalue weighted by Gasteiger charge is -2.22. The third-order valence-electron chi connectivity index (χ3n) is 2.85. The minimum atomic E-state index is -0.506. The Bertz CT molecular complexity index is 503. The van der Waals surface area contributed by atoms with Gasteiger partial charge in [-0.2, -0.15) is 0 Å². The van der Waals surface area contributed by atoms with Crippen LogP contribution in [0.2, 0.25) is 5.02 Å². The summed E-state index contributed by atoms with van der Waals surface area (Å²) in [5, 5.41) is 6.29. The molecule has 0 spiro atoms. The van der Waals surface area contributed by atoms with E-state index in [-0.39, 0.29) is 11.9 Å². The molecule has 0 aliphatic rings. The lowest BCUT2D eigenvalue weighted by molar-refractivity contribution is 0.0506. The van der Waals surface area contributed by atoms with Crippen LogP contribution < -0.4 is 10.6 Å². The second kappa shape index (κ2) is 8.34. The van der Waals surface area contributed by atoms with Crippen molar-refractivity contribution in [3.63, 3.8) is 0 Å². The zero-order chi connectivity index (χ0) is 16.8. The number of hydrogen-bond acceptors (Lipinski definition) is 3. The summed E-state index contributed by atoms with van der Waals surface area (Å²) in [6.07, 6.45) is 0.290. The summed E-state index contributed by atoms with van der Waals surface area (Å²) >= 11 is 5.70. The Hall–Kier alpha value is -1.33. The van der Waals surface area contributed by atoms with E-state index < -0.39 is 11.7 Å². The van der Waals surface area contributed by atoms with Gasteiger partial charge in [0.05, 0.1) is 0 Å². The first kappa shape index (κ1) is 18.7. The van der Waals surface area contributed by atoms with E-state index in [2.05, 4.69) is 10.6 Å². The maximum atomic E-state index is 13.6. The van der Waals surface area contributed by atoms with Crippen molar-refractivity contribution in [2.45, 2.75) is 52.3 Å². The first-order valence-corrected chi connectivity index (χ1v) is 7.69. The number of rotatable bonds is 6. The van der Waals surface area contributed by atoms with Crippen LogP contribution in [-0.4, -0.2) is 24.3 Å². The van der Waals surface area contributed by atoms with Crippen molar-refractivity contribution in [3.8, 4) is 0 Å². The molecular weight excluding hydrogens is 307 g/mol. The number of nitrogens with one attached hydrogen (secondary N) is 2. The molecule has 0 radical (unpaired) electrons. The summed E-state index contributed by atoms with van der Waals surface area (Å²) in [6, 6.07) is 4.59. The van der Waals surface area contributed by atoms with E-state index in [0.717, 1.165) is 0 Å². The van der Waals surface area contributed by atoms with Crippen molar-refractivity contribution in [2.75, 3.05) is 6.54 Å². The molecule has 124 valence electrons. The minimum Gasteiger partial charge on any atom is -0.444 e. The Labute approximate surface area is 136 Å². The zero-order valence-corrected chi connectivity index (χ0v) is 14.3. The Morgan fingerprint density at radius 3 is 2.68 bits per heavy atom. The Morgan fingerprint density at radius 2 is 2.09 bits per heavy atom. The van der Waals surface area contributed by atoms with Crippen LogP contribution >= 0.6 is 11.6 Å². The molecule has 1 amide bonds. The summed E-state index contributed by atoms with van der Waals surface area (Å²) in [5.41, 5.74) is 0.0610. The zero-order valence-electron chi connectivity index (χ0n) is 13.5. The van der Waals surface area contributed by atoms with E-state index >= 15 is 0 Å². The van der Waals surface area contributed by atoms with Gasteiger partial charge in [0.2, 0.25) is 0 Å². The van der Waals surface area contributed by atoms with Crippen LogP contribution in [0.15, 0.2) is 18.2 Å². The van der Waals surface area contributed by atoms with Crippen molar-refractivity contribution in [1.29, 1.82) is 0 Å². The third kappa shape index (κ3) is 7.61. The van der Waals surface area contributed by atoms with E-state index in [1.54, 1.807) is 12.1 Å². The van der Waals surface area contributed by atoms with Crippen molar-refractivity contribution < 1.29 is 13.9 Å². The van der Waals surface area contributed by atoms with E-state index in [1.807, 2.05) is 27.7 Å². The fourth-order valence-electron chi connectivity index (χ4n) is 1.79. The molecule has 0 saturated carbocycles. The molecule has 0 aromatic heterocycles. The molecule has 1 aromatic rings. The number of amides is 1. The molecule has 6 heteroatoms. The smallest absolute Gasteiger partial charge is 0.407 e. The van der Waals surface area contributed by atoms with Crippen LogP contribution in [-0.2, 0) is 11.3 Å². The minimum absolute atomic E-state index is 0.0302.